The maximum atomic E-state index is 12.6. The summed E-state index contributed by atoms with van der Waals surface area (Å²) >= 11 is 6.05. The number of methoxy groups -OCH3 is 2. The molecule has 1 aromatic heterocycles. The van der Waals surface area contributed by atoms with Gasteiger partial charge in [0.05, 0.1) is 20.8 Å². The zero-order valence-electron chi connectivity index (χ0n) is 19.4. The van der Waals surface area contributed by atoms with Crippen LogP contribution in [0.4, 0.5) is 0 Å². The van der Waals surface area contributed by atoms with E-state index in [-0.39, 0.29) is 11.8 Å². The number of carbonyl (C=O) groups excluding carboxylic acids is 1. The normalized spacial score (nSPS) is 14.7. The Hall–Kier alpha value is -3.10. The van der Waals surface area contributed by atoms with Crippen molar-refractivity contribution in [3.8, 4) is 22.9 Å². The Kier molecular flexibility index (Phi) is 8.03. The van der Waals surface area contributed by atoms with Crippen LogP contribution in [-0.2, 0) is 17.8 Å². The van der Waals surface area contributed by atoms with Crippen molar-refractivity contribution in [2.45, 2.75) is 25.8 Å². The minimum Gasteiger partial charge on any atom is -0.493 e. The fraction of sp³-hybridized carbons (Fsp3) is 0.400. The van der Waals surface area contributed by atoms with Gasteiger partial charge in [0.25, 0.3) is 0 Å². The lowest BCUT2D eigenvalue weighted by atomic mass is 9.96. The molecule has 1 amide bonds. The van der Waals surface area contributed by atoms with E-state index in [0.717, 1.165) is 43.5 Å². The second-order valence-electron chi connectivity index (χ2n) is 8.30. The number of piperidine rings is 1. The summed E-state index contributed by atoms with van der Waals surface area (Å²) in [6.45, 7) is 2.77. The molecule has 0 unspecified atom stereocenters. The third-order valence-corrected chi connectivity index (χ3v) is 6.26. The zero-order chi connectivity index (χ0) is 23.9. The van der Waals surface area contributed by atoms with E-state index in [4.69, 9.17) is 25.6 Å². The van der Waals surface area contributed by atoms with Crippen LogP contribution in [0.25, 0.3) is 11.4 Å². The van der Waals surface area contributed by atoms with Crippen molar-refractivity contribution in [1.82, 2.24) is 20.4 Å². The van der Waals surface area contributed by atoms with Gasteiger partial charge in [0, 0.05) is 23.0 Å². The fourth-order valence-corrected chi connectivity index (χ4v) is 4.31. The number of likely N-dealkylation sites (tertiary alicyclic amines) is 1. The number of hydrogen-bond donors (Lipinski definition) is 1. The number of hydrogen-bond acceptors (Lipinski definition) is 7. The highest BCUT2D eigenvalue weighted by atomic mass is 35.5. The highest BCUT2D eigenvalue weighted by Crippen LogP contribution is 2.27. The summed E-state index contributed by atoms with van der Waals surface area (Å²) in [6.07, 6.45) is 2.34. The van der Waals surface area contributed by atoms with Crippen LogP contribution < -0.4 is 14.8 Å². The lowest BCUT2D eigenvalue weighted by Gasteiger charge is -2.30. The molecular formula is C25H29ClN4O4. The van der Waals surface area contributed by atoms with Crippen molar-refractivity contribution in [3.63, 3.8) is 0 Å². The minimum absolute atomic E-state index is 0.0198. The number of carbonyl (C=O) groups is 1. The molecule has 1 aliphatic heterocycles. The molecular weight excluding hydrogens is 456 g/mol. The van der Waals surface area contributed by atoms with Gasteiger partial charge < -0.3 is 19.3 Å². The molecule has 0 atom stereocenters. The Bertz CT molecular complexity index is 1110. The van der Waals surface area contributed by atoms with Crippen molar-refractivity contribution < 1.29 is 18.8 Å². The fourth-order valence-electron chi connectivity index (χ4n) is 4.12. The molecule has 0 bridgehead atoms. The Morgan fingerprint density at radius 3 is 2.68 bits per heavy atom. The molecule has 0 spiro atoms. The lowest BCUT2D eigenvalue weighted by Crippen LogP contribution is -2.40. The summed E-state index contributed by atoms with van der Waals surface area (Å²) in [7, 11) is 3.23. The van der Waals surface area contributed by atoms with Gasteiger partial charge in [0.15, 0.2) is 11.5 Å². The molecule has 1 fully saturated rings. The molecule has 0 aliphatic carbocycles. The number of ether oxygens (including phenoxy) is 2. The molecule has 34 heavy (non-hydrogen) atoms. The second kappa shape index (κ2) is 11.4. The Labute approximate surface area is 204 Å². The van der Waals surface area contributed by atoms with Crippen LogP contribution in [0.3, 0.4) is 0 Å². The van der Waals surface area contributed by atoms with Crippen LogP contribution in [0.1, 0.15) is 24.3 Å². The summed E-state index contributed by atoms with van der Waals surface area (Å²) in [6, 6.07) is 13.2. The predicted octanol–water partition coefficient (Wildman–Crippen LogP) is 3.98. The standard InChI is InChI=1S/C25H29ClN4O4/c1-32-21-7-6-17(14-22(21)33-2)8-11-27-25(31)18-9-12-30(13-10-18)16-23-28-24(29-34-23)19-4-3-5-20(26)15-19/h3-7,14-15,18H,8-13,16H2,1-2H3,(H,27,31). The molecule has 1 saturated heterocycles. The van der Waals surface area contributed by atoms with Crippen LogP contribution >= 0.6 is 11.6 Å². The highest BCUT2D eigenvalue weighted by molar-refractivity contribution is 6.30. The summed E-state index contributed by atoms with van der Waals surface area (Å²) in [4.78, 5) is 19.4. The first-order valence-electron chi connectivity index (χ1n) is 11.3. The number of rotatable bonds is 9. The first-order chi connectivity index (χ1) is 16.6. The van der Waals surface area contributed by atoms with Crippen molar-refractivity contribution in [2.24, 2.45) is 5.92 Å². The molecule has 1 N–H and O–H groups in total. The number of nitrogens with zero attached hydrogens (tertiary/aromatic N) is 3. The van der Waals surface area contributed by atoms with E-state index in [1.807, 2.05) is 42.5 Å². The van der Waals surface area contributed by atoms with Crippen molar-refractivity contribution in [3.05, 3.63) is 58.9 Å². The molecule has 180 valence electrons. The molecule has 9 heteroatoms. The van der Waals surface area contributed by atoms with E-state index in [1.54, 1.807) is 14.2 Å². The first kappa shape index (κ1) is 24.0. The summed E-state index contributed by atoms with van der Waals surface area (Å²) in [5.41, 5.74) is 1.91. The van der Waals surface area contributed by atoms with E-state index in [0.29, 0.717) is 41.3 Å². The van der Waals surface area contributed by atoms with Gasteiger partial charge in [-0.15, -0.1) is 0 Å². The molecule has 0 radical (unpaired) electrons. The molecule has 0 saturated carbocycles. The van der Waals surface area contributed by atoms with Crippen molar-refractivity contribution in [1.29, 1.82) is 0 Å². The average Bonchev–Trinajstić information content (AvgIpc) is 3.33. The second-order valence-corrected chi connectivity index (χ2v) is 8.74. The quantitative estimate of drug-likeness (QED) is 0.491. The van der Waals surface area contributed by atoms with E-state index in [2.05, 4.69) is 20.4 Å². The predicted molar refractivity (Wildman–Crippen MR) is 129 cm³/mol. The summed E-state index contributed by atoms with van der Waals surface area (Å²) in [5, 5.41) is 7.77. The number of nitrogens with one attached hydrogen (secondary N) is 1. The van der Waals surface area contributed by atoms with Crippen LogP contribution in [0.5, 0.6) is 11.5 Å². The third kappa shape index (κ3) is 6.07. The van der Waals surface area contributed by atoms with E-state index in [1.165, 1.54) is 0 Å². The number of amides is 1. The van der Waals surface area contributed by atoms with Crippen LogP contribution in [-0.4, -0.2) is 54.8 Å². The van der Waals surface area contributed by atoms with E-state index in [9.17, 15) is 4.79 Å². The maximum Gasteiger partial charge on any atom is 0.241 e. The molecule has 3 aromatic rings. The van der Waals surface area contributed by atoms with Crippen LogP contribution in [0.15, 0.2) is 47.0 Å². The topological polar surface area (TPSA) is 89.7 Å². The summed E-state index contributed by atoms with van der Waals surface area (Å²) in [5.74, 6) is 2.62. The van der Waals surface area contributed by atoms with Crippen molar-refractivity contribution >= 4 is 17.5 Å². The number of benzene rings is 2. The average molecular weight is 485 g/mol. The van der Waals surface area contributed by atoms with Gasteiger partial charge >= 0.3 is 0 Å². The molecule has 2 aromatic carbocycles. The Balaban J connectivity index is 1.21. The highest BCUT2D eigenvalue weighted by Gasteiger charge is 2.26. The van der Waals surface area contributed by atoms with E-state index >= 15 is 0 Å². The van der Waals surface area contributed by atoms with Gasteiger partial charge in [-0.1, -0.05) is 35.0 Å². The first-order valence-corrected chi connectivity index (χ1v) is 11.7. The molecule has 8 nitrogen and oxygen atoms in total. The number of aromatic nitrogens is 2. The SMILES string of the molecule is COc1ccc(CCNC(=O)C2CCN(Cc3nc(-c4cccc(Cl)c4)no3)CC2)cc1OC. The van der Waals surface area contributed by atoms with Gasteiger partial charge in [-0.05, 0) is 62.2 Å². The lowest BCUT2D eigenvalue weighted by molar-refractivity contribution is -0.126. The third-order valence-electron chi connectivity index (χ3n) is 6.03. The smallest absolute Gasteiger partial charge is 0.241 e. The monoisotopic (exact) mass is 484 g/mol. The minimum atomic E-state index is 0.0198. The van der Waals surface area contributed by atoms with Gasteiger partial charge in [-0.2, -0.15) is 4.98 Å². The van der Waals surface area contributed by atoms with E-state index < -0.39 is 0 Å². The summed E-state index contributed by atoms with van der Waals surface area (Å²) < 4.78 is 16.0. The molecule has 4 rings (SSSR count). The zero-order valence-corrected chi connectivity index (χ0v) is 20.2. The van der Waals surface area contributed by atoms with Crippen LogP contribution in [0, 0.1) is 5.92 Å². The molecule has 1 aliphatic rings. The Morgan fingerprint density at radius 1 is 1.15 bits per heavy atom. The van der Waals surface area contributed by atoms with Crippen molar-refractivity contribution in [2.75, 3.05) is 33.9 Å². The maximum absolute atomic E-state index is 12.6. The number of halogens is 1. The van der Waals surface area contributed by atoms with Gasteiger partial charge in [-0.3, -0.25) is 9.69 Å². The van der Waals surface area contributed by atoms with Gasteiger partial charge in [0.1, 0.15) is 0 Å². The van der Waals surface area contributed by atoms with Crippen LogP contribution in [0.2, 0.25) is 5.02 Å². The molecule has 2 heterocycles. The van der Waals surface area contributed by atoms with Gasteiger partial charge in [-0.25, -0.2) is 0 Å². The van der Waals surface area contributed by atoms with Gasteiger partial charge in [0.2, 0.25) is 17.6 Å². The Morgan fingerprint density at radius 2 is 1.94 bits per heavy atom. The largest absolute Gasteiger partial charge is 0.493 e.